The van der Waals surface area contributed by atoms with E-state index in [-0.39, 0.29) is 24.0 Å². The molecule has 1 aliphatic carbocycles. The molecule has 0 bridgehead atoms. The fourth-order valence-electron chi connectivity index (χ4n) is 3.56. The van der Waals surface area contributed by atoms with Gasteiger partial charge in [0.1, 0.15) is 18.5 Å². The summed E-state index contributed by atoms with van der Waals surface area (Å²) >= 11 is 0. The van der Waals surface area contributed by atoms with E-state index in [9.17, 15) is 0 Å². The van der Waals surface area contributed by atoms with Crippen LogP contribution in [0, 0.1) is 6.92 Å². The Labute approximate surface area is 208 Å². The Bertz CT molecular complexity index is 857. The van der Waals surface area contributed by atoms with Gasteiger partial charge in [0, 0.05) is 45.1 Å². The molecule has 3 rings (SSSR count). The zero-order valence-electron chi connectivity index (χ0n) is 19.2. The van der Waals surface area contributed by atoms with Crippen molar-refractivity contribution in [3.63, 3.8) is 0 Å². The first kappa shape index (κ1) is 26.2. The van der Waals surface area contributed by atoms with Gasteiger partial charge >= 0.3 is 0 Å². The molecule has 0 amide bonds. The monoisotopic (exact) mass is 554 g/mol. The average molecular weight is 554 g/mol. The zero-order valence-corrected chi connectivity index (χ0v) is 21.6. The molecule has 8 heteroatoms. The van der Waals surface area contributed by atoms with Crippen LogP contribution in [-0.4, -0.2) is 44.4 Å². The summed E-state index contributed by atoms with van der Waals surface area (Å²) in [5, 5.41) is 6.72. The van der Waals surface area contributed by atoms with Crippen LogP contribution in [0.25, 0.3) is 0 Å². The average Bonchev–Trinajstić information content (AvgIpc) is 3.28. The largest absolute Gasteiger partial charge is 0.491 e. The zero-order chi connectivity index (χ0) is 21.9. The number of hydrogen-bond donors (Lipinski definition) is 2. The van der Waals surface area contributed by atoms with E-state index in [1.165, 1.54) is 12.8 Å². The van der Waals surface area contributed by atoms with Gasteiger partial charge in [-0.25, -0.2) is 4.98 Å². The molecule has 1 heterocycles. The maximum absolute atomic E-state index is 6.01. The van der Waals surface area contributed by atoms with Gasteiger partial charge in [-0.1, -0.05) is 12.1 Å². The highest BCUT2D eigenvalue weighted by molar-refractivity contribution is 14.0. The summed E-state index contributed by atoms with van der Waals surface area (Å²) in [5.74, 6) is 2.29. The van der Waals surface area contributed by atoms with Crippen LogP contribution in [0.4, 0.5) is 0 Å². The van der Waals surface area contributed by atoms with Crippen LogP contribution in [0.1, 0.15) is 42.4 Å². The van der Waals surface area contributed by atoms with Crippen molar-refractivity contribution in [3.05, 3.63) is 53.2 Å². The SMILES string of the molecule is CN=C(NCc1ccnc(OC2CCCC2)c1)NCc1ccc(C)cc1OCCOC.I. The summed E-state index contributed by atoms with van der Waals surface area (Å²) in [6.45, 7) is 4.37. The lowest BCUT2D eigenvalue weighted by Crippen LogP contribution is -2.36. The number of aryl methyl sites for hydroxylation is 1. The van der Waals surface area contributed by atoms with Crippen molar-refractivity contribution < 1.29 is 14.2 Å². The van der Waals surface area contributed by atoms with Crippen molar-refractivity contribution in [2.24, 2.45) is 4.99 Å². The Balaban J connectivity index is 0.00000363. The Morgan fingerprint density at radius 2 is 1.88 bits per heavy atom. The number of guanidine groups is 1. The number of halogens is 1. The lowest BCUT2D eigenvalue weighted by atomic mass is 10.1. The number of ether oxygens (including phenoxy) is 3. The molecule has 0 aliphatic heterocycles. The summed E-state index contributed by atoms with van der Waals surface area (Å²) in [6, 6.07) is 10.2. The molecule has 2 aromatic rings. The molecule has 0 spiro atoms. The standard InChI is InChI=1S/C24H34N4O3.HI/c1-18-8-9-20(22(14-18)30-13-12-29-3)17-28-24(25-2)27-16-19-10-11-26-23(15-19)31-21-6-4-5-7-21;/h8-11,14-15,21H,4-7,12-13,16-17H2,1-3H3,(H2,25,27,28);1H. The maximum Gasteiger partial charge on any atom is 0.213 e. The third-order valence-corrected chi connectivity index (χ3v) is 5.29. The summed E-state index contributed by atoms with van der Waals surface area (Å²) in [7, 11) is 3.44. The van der Waals surface area contributed by atoms with Gasteiger partial charge in [0.15, 0.2) is 5.96 Å². The minimum atomic E-state index is 0. The lowest BCUT2D eigenvalue weighted by molar-refractivity contribution is 0.145. The number of aromatic nitrogens is 1. The topological polar surface area (TPSA) is 77.0 Å². The predicted octanol–water partition coefficient (Wildman–Crippen LogP) is 4.22. The number of hydrogen-bond acceptors (Lipinski definition) is 5. The van der Waals surface area contributed by atoms with Crippen LogP contribution in [0.15, 0.2) is 41.5 Å². The van der Waals surface area contributed by atoms with Gasteiger partial charge in [-0.15, -0.1) is 24.0 Å². The van der Waals surface area contributed by atoms with Gasteiger partial charge < -0.3 is 24.8 Å². The molecule has 1 aromatic carbocycles. The first-order chi connectivity index (χ1) is 15.2. The molecule has 1 aromatic heterocycles. The number of nitrogens with one attached hydrogen (secondary N) is 2. The molecule has 1 saturated carbocycles. The Morgan fingerprint density at radius 3 is 2.62 bits per heavy atom. The number of aliphatic imine (C=N–C) groups is 1. The second-order valence-corrected chi connectivity index (χ2v) is 7.76. The molecule has 0 radical (unpaired) electrons. The highest BCUT2D eigenvalue weighted by Crippen LogP contribution is 2.23. The van der Waals surface area contributed by atoms with Crippen molar-refractivity contribution in [1.82, 2.24) is 15.6 Å². The van der Waals surface area contributed by atoms with Crippen LogP contribution < -0.4 is 20.1 Å². The maximum atomic E-state index is 6.01. The Kier molecular flexibility index (Phi) is 11.6. The van der Waals surface area contributed by atoms with Crippen molar-refractivity contribution >= 4 is 29.9 Å². The summed E-state index contributed by atoms with van der Waals surface area (Å²) < 4.78 is 17.0. The molecule has 2 N–H and O–H groups in total. The van der Waals surface area contributed by atoms with Crippen molar-refractivity contribution in [2.75, 3.05) is 27.4 Å². The smallest absolute Gasteiger partial charge is 0.213 e. The van der Waals surface area contributed by atoms with E-state index in [4.69, 9.17) is 14.2 Å². The summed E-state index contributed by atoms with van der Waals surface area (Å²) in [4.78, 5) is 8.69. The molecule has 0 saturated heterocycles. The first-order valence-corrected chi connectivity index (χ1v) is 11.0. The van der Waals surface area contributed by atoms with E-state index < -0.39 is 0 Å². The molecule has 176 valence electrons. The van der Waals surface area contributed by atoms with Gasteiger partial charge in [-0.2, -0.15) is 0 Å². The number of pyridine rings is 1. The molecular formula is C24H35IN4O3. The van der Waals surface area contributed by atoms with Gasteiger partial charge in [-0.3, -0.25) is 4.99 Å². The lowest BCUT2D eigenvalue weighted by Gasteiger charge is -2.16. The van der Waals surface area contributed by atoms with E-state index in [0.717, 1.165) is 41.2 Å². The third-order valence-electron chi connectivity index (χ3n) is 5.29. The van der Waals surface area contributed by atoms with E-state index in [1.807, 2.05) is 18.2 Å². The fourth-order valence-corrected chi connectivity index (χ4v) is 3.56. The third kappa shape index (κ3) is 8.46. The van der Waals surface area contributed by atoms with Crippen LogP contribution >= 0.6 is 24.0 Å². The van der Waals surface area contributed by atoms with E-state index >= 15 is 0 Å². The number of rotatable bonds is 10. The number of benzene rings is 1. The number of methoxy groups -OCH3 is 1. The molecular weight excluding hydrogens is 519 g/mol. The van der Waals surface area contributed by atoms with Gasteiger partial charge in [-0.05, 0) is 55.9 Å². The fraction of sp³-hybridized carbons (Fsp3) is 0.500. The molecule has 1 aliphatic rings. The second-order valence-electron chi connectivity index (χ2n) is 7.76. The molecule has 7 nitrogen and oxygen atoms in total. The predicted molar refractivity (Wildman–Crippen MR) is 138 cm³/mol. The van der Waals surface area contributed by atoms with Crippen LogP contribution in [-0.2, 0) is 17.8 Å². The van der Waals surface area contributed by atoms with Crippen LogP contribution in [0.2, 0.25) is 0 Å². The summed E-state index contributed by atoms with van der Waals surface area (Å²) in [6.07, 6.45) is 6.84. The van der Waals surface area contributed by atoms with Crippen molar-refractivity contribution in [2.45, 2.75) is 51.8 Å². The van der Waals surface area contributed by atoms with Crippen molar-refractivity contribution in [1.29, 1.82) is 0 Å². The molecule has 32 heavy (non-hydrogen) atoms. The Hall–Kier alpha value is -2.07. The van der Waals surface area contributed by atoms with Crippen LogP contribution in [0.5, 0.6) is 11.6 Å². The normalized spacial score (nSPS) is 14.0. The van der Waals surface area contributed by atoms with E-state index in [1.54, 1.807) is 20.4 Å². The quantitative estimate of drug-likeness (QED) is 0.198. The Morgan fingerprint density at radius 1 is 1.09 bits per heavy atom. The molecule has 0 atom stereocenters. The minimum absolute atomic E-state index is 0. The first-order valence-electron chi connectivity index (χ1n) is 11.0. The number of nitrogens with zero attached hydrogens (tertiary/aromatic N) is 2. The van der Waals surface area contributed by atoms with Crippen LogP contribution in [0.3, 0.4) is 0 Å². The second kappa shape index (κ2) is 14.2. The van der Waals surface area contributed by atoms with E-state index in [2.05, 4.69) is 39.7 Å². The van der Waals surface area contributed by atoms with Gasteiger partial charge in [0.05, 0.1) is 6.61 Å². The molecule has 0 unspecified atom stereocenters. The molecule has 1 fully saturated rings. The summed E-state index contributed by atoms with van der Waals surface area (Å²) in [5.41, 5.74) is 3.33. The minimum Gasteiger partial charge on any atom is -0.491 e. The van der Waals surface area contributed by atoms with E-state index in [0.29, 0.717) is 38.3 Å². The van der Waals surface area contributed by atoms with Crippen molar-refractivity contribution in [3.8, 4) is 11.6 Å². The highest BCUT2D eigenvalue weighted by Gasteiger charge is 2.17. The highest BCUT2D eigenvalue weighted by atomic mass is 127. The van der Waals surface area contributed by atoms with Gasteiger partial charge in [0.2, 0.25) is 5.88 Å². The van der Waals surface area contributed by atoms with Gasteiger partial charge in [0.25, 0.3) is 0 Å².